The minimum atomic E-state index is -0.151. The molecule has 27 heavy (non-hydrogen) atoms. The Kier molecular flexibility index (Phi) is 4.90. The molecule has 0 atom stereocenters. The second-order valence-corrected chi connectivity index (χ2v) is 7.13. The fourth-order valence-electron chi connectivity index (χ4n) is 3.79. The number of carbonyl (C=O) groups is 1. The number of fused-ring (bicyclic) bond motifs is 1. The van der Waals surface area contributed by atoms with Gasteiger partial charge in [-0.05, 0) is 49.9 Å². The second-order valence-electron chi connectivity index (χ2n) is 7.13. The molecule has 1 amide bonds. The van der Waals surface area contributed by atoms with E-state index in [2.05, 4.69) is 45.4 Å². The summed E-state index contributed by atoms with van der Waals surface area (Å²) >= 11 is 0. The van der Waals surface area contributed by atoms with Gasteiger partial charge >= 0.3 is 0 Å². The first-order valence-corrected chi connectivity index (χ1v) is 9.37. The highest BCUT2D eigenvalue weighted by Crippen LogP contribution is 2.33. The molecule has 3 heterocycles. The van der Waals surface area contributed by atoms with E-state index < -0.39 is 0 Å². The van der Waals surface area contributed by atoms with E-state index in [9.17, 15) is 4.79 Å². The number of aromatic nitrogens is 3. The van der Waals surface area contributed by atoms with Crippen LogP contribution < -0.4 is 5.32 Å². The summed E-state index contributed by atoms with van der Waals surface area (Å²) in [7, 11) is 0. The van der Waals surface area contributed by atoms with Crippen molar-refractivity contribution in [1.29, 1.82) is 0 Å². The number of aryl methyl sites for hydroxylation is 2. The first-order chi connectivity index (χ1) is 13.1. The highest BCUT2D eigenvalue weighted by molar-refractivity contribution is 5.94. The molecule has 0 aliphatic carbocycles. The Hall–Kier alpha value is -2.73. The van der Waals surface area contributed by atoms with Crippen LogP contribution in [0, 0.1) is 13.8 Å². The number of ether oxygens (including phenoxy) is 1. The first kappa shape index (κ1) is 17.7. The zero-order valence-corrected chi connectivity index (χ0v) is 15.7. The van der Waals surface area contributed by atoms with Crippen molar-refractivity contribution < 1.29 is 9.53 Å². The molecule has 140 valence electrons. The van der Waals surface area contributed by atoms with Gasteiger partial charge in [0, 0.05) is 48.5 Å². The van der Waals surface area contributed by atoms with Gasteiger partial charge in [0.2, 0.25) is 0 Å². The van der Waals surface area contributed by atoms with Gasteiger partial charge in [-0.25, -0.2) is 9.97 Å². The number of benzene rings is 1. The smallest absolute Gasteiger partial charge is 0.254 e. The minimum Gasteiger partial charge on any atom is -0.381 e. The molecular formula is C21H24N4O2. The largest absolute Gasteiger partial charge is 0.381 e. The Bertz CT molecular complexity index is 973. The van der Waals surface area contributed by atoms with E-state index in [1.165, 1.54) is 23.0 Å². The maximum absolute atomic E-state index is 12.4. The lowest BCUT2D eigenvalue weighted by atomic mass is 9.93. The fourth-order valence-corrected chi connectivity index (χ4v) is 3.79. The standard InChI is InChI=1S/C21H24N4O2/c1-13-17-9-15(10-23-21(26)18-11-22-12-24-14(18)2)3-4-19(17)25-20(13)16-5-7-27-8-6-16/h3-4,9,11-12,16,25H,5-8,10H2,1-2H3,(H,23,26). The number of nitrogens with zero attached hydrogens (tertiary/aromatic N) is 2. The molecule has 4 rings (SSSR count). The molecule has 0 saturated carbocycles. The van der Waals surface area contributed by atoms with Gasteiger partial charge in [0.05, 0.1) is 11.3 Å². The zero-order valence-electron chi connectivity index (χ0n) is 15.7. The van der Waals surface area contributed by atoms with Crippen LogP contribution in [0.25, 0.3) is 10.9 Å². The molecule has 2 N–H and O–H groups in total. The second kappa shape index (κ2) is 7.48. The number of H-pyrrole nitrogens is 1. The van der Waals surface area contributed by atoms with Crippen molar-refractivity contribution in [2.24, 2.45) is 0 Å². The number of rotatable bonds is 4. The molecule has 1 fully saturated rings. The minimum absolute atomic E-state index is 0.151. The van der Waals surface area contributed by atoms with E-state index in [0.29, 0.717) is 23.7 Å². The maximum atomic E-state index is 12.4. The monoisotopic (exact) mass is 364 g/mol. The fraction of sp³-hybridized carbons (Fsp3) is 0.381. The summed E-state index contributed by atoms with van der Waals surface area (Å²) in [5, 5.41) is 4.19. The first-order valence-electron chi connectivity index (χ1n) is 9.37. The highest BCUT2D eigenvalue weighted by Gasteiger charge is 2.21. The third-order valence-electron chi connectivity index (χ3n) is 5.40. The van der Waals surface area contributed by atoms with Gasteiger partial charge in [0.15, 0.2) is 0 Å². The van der Waals surface area contributed by atoms with Crippen molar-refractivity contribution in [2.75, 3.05) is 13.2 Å². The third kappa shape index (κ3) is 3.57. The quantitative estimate of drug-likeness (QED) is 0.744. The molecule has 1 aromatic carbocycles. The van der Waals surface area contributed by atoms with Gasteiger partial charge < -0.3 is 15.0 Å². The molecule has 0 bridgehead atoms. The Morgan fingerprint density at radius 2 is 2.11 bits per heavy atom. The predicted molar refractivity (Wildman–Crippen MR) is 104 cm³/mol. The van der Waals surface area contributed by atoms with Crippen LogP contribution in [0.2, 0.25) is 0 Å². The van der Waals surface area contributed by atoms with Crippen molar-refractivity contribution in [1.82, 2.24) is 20.3 Å². The lowest BCUT2D eigenvalue weighted by Crippen LogP contribution is -2.24. The van der Waals surface area contributed by atoms with Crippen LogP contribution in [0.5, 0.6) is 0 Å². The normalized spacial score (nSPS) is 15.2. The summed E-state index contributed by atoms with van der Waals surface area (Å²) in [5.41, 5.74) is 6.05. The molecule has 0 radical (unpaired) electrons. The molecule has 6 nitrogen and oxygen atoms in total. The molecule has 6 heteroatoms. The Morgan fingerprint density at radius 3 is 2.89 bits per heavy atom. The van der Waals surface area contributed by atoms with Crippen LogP contribution in [0.15, 0.2) is 30.7 Å². The van der Waals surface area contributed by atoms with E-state index in [0.717, 1.165) is 37.1 Å². The molecule has 3 aromatic rings. The van der Waals surface area contributed by atoms with Crippen LogP contribution in [0.4, 0.5) is 0 Å². The Morgan fingerprint density at radius 1 is 1.30 bits per heavy atom. The average Bonchev–Trinajstić information content (AvgIpc) is 3.03. The molecule has 2 aromatic heterocycles. The van der Waals surface area contributed by atoms with E-state index in [1.54, 1.807) is 6.20 Å². The van der Waals surface area contributed by atoms with Crippen LogP contribution in [0.3, 0.4) is 0 Å². The summed E-state index contributed by atoms with van der Waals surface area (Å²) < 4.78 is 5.49. The van der Waals surface area contributed by atoms with E-state index in [4.69, 9.17) is 4.74 Å². The zero-order chi connectivity index (χ0) is 18.8. The lowest BCUT2D eigenvalue weighted by molar-refractivity contribution is 0.0845. The Labute approximate surface area is 158 Å². The van der Waals surface area contributed by atoms with Crippen molar-refractivity contribution in [3.8, 4) is 0 Å². The van der Waals surface area contributed by atoms with E-state index in [1.807, 2.05) is 6.92 Å². The van der Waals surface area contributed by atoms with E-state index in [-0.39, 0.29) is 5.91 Å². The maximum Gasteiger partial charge on any atom is 0.254 e. The molecule has 1 aliphatic heterocycles. The van der Waals surface area contributed by atoms with Gasteiger partial charge in [-0.15, -0.1) is 0 Å². The SMILES string of the molecule is Cc1ncncc1C(=O)NCc1ccc2[nH]c(C3CCOCC3)c(C)c2c1. The molecule has 0 unspecified atom stereocenters. The van der Waals surface area contributed by atoms with Crippen LogP contribution >= 0.6 is 0 Å². The number of hydrogen-bond donors (Lipinski definition) is 2. The molecule has 1 aliphatic rings. The number of aromatic amines is 1. The van der Waals surface area contributed by atoms with Crippen molar-refractivity contribution in [3.05, 3.63) is 58.8 Å². The van der Waals surface area contributed by atoms with Gasteiger partial charge in [0.1, 0.15) is 6.33 Å². The number of amides is 1. The van der Waals surface area contributed by atoms with Crippen LogP contribution in [0.1, 0.15) is 51.6 Å². The Balaban J connectivity index is 1.52. The average molecular weight is 364 g/mol. The van der Waals surface area contributed by atoms with Gasteiger partial charge in [-0.2, -0.15) is 0 Å². The third-order valence-corrected chi connectivity index (χ3v) is 5.40. The number of hydrogen-bond acceptors (Lipinski definition) is 4. The predicted octanol–water partition coefficient (Wildman–Crippen LogP) is 3.40. The molecule has 1 saturated heterocycles. The number of nitrogens with one attached hydrogen (secondary N) is 2. The lowest BCUT2D eigenvalue weighted by Gasteiger charge is -2.21. The molecular weight excluding hydrogens is 340 g/mol. The molecule has 0 spiro atoms. The van der Waals surface area contributed by atoms with Crippen molar-refractivity contribution >= 4 is 16.8 Å². The van der Waals surface area contributed by atoms with Gasteiger partial charge in [0.25, 0.3) is 5.91 Å². The van der Waals surface area contributed by atoms with Gasteiger partial charge in [-0.1, -0.05) is 6.07 Å². The summed E-state index contributed by atoms with van der Waals surface area (Å²) in [6.07, 6.45) is 5.13. The summed E-state index contributed by atoms with van der Waals surface area (Å²) in [6.45, 7) is 6.12. The van der Waals surface area contributed by atoms with Gasteiger partial charge in [-0.3, -0.25) is 4.79 Å². The summed E-state index contributed by atoms with van der Waals surface area (Å²) in [4.78, 5) is 24.0. The number of carbonyl (C=O) groups excluding carboxylic acids is 1. The summed E-state index contributed by atoms with van der Waals surface area (Å²) in [5.74, 6) is 0.386. The van der Waals surface area contributed by atoms with Crippen molar-refractivity contribution in [2.45, 2.75) is 39.2 Å². The van der Waals surface area contributed by atoms with Crippen LogP contribution in [-0.2, 0) is 11.3 Å². The highest BCUT2D eigenvalue weighted by atomic mass is 16.5. The summed E-state index contributed by atoms with van der Waals surface area (Å²) in [6, 6.07) is 6.32. The van der Waals surface area contributed by atoms with Crippen molar-refractivity contribution in [3.63, 3.8) is 0 Å². The van der Waals surface area contributed by atoms with Crippen LogP contribution in [-0.4, -0.2) is 34.1 Å². The van der Waals surface area contributed by atoms with E-state index >= 15 is 0 Å². The topological polar surface area (TPSA) is 79.9 Å².